The van der Waals surface area contributed by atoms with E-state index in [4.69, 9.17) is 12.2 Å². The van der Waals surface area contributed by atoms with Crippen LogP contribution in [0, 0.1) is 16.7 Å². The van der Waals surface area contributed by atoms with E-state index in [0.717, 1.165) is 24.0 Å². The molecule has 4 rings (SSSR count). The third-order valence-corrected chi connectivity index (χ3v) is 5.79. The number of hydrogen-bond donors (Lipinski definition) is 2. The van der Waals surface area contributed by atoms with E-state index in [0.29, 0.717) is 16.4 Å². The SMILES string of the molecule is CCCNC(=S)NC12CC3CC(C)(CC(C)(C3)C1)C2. The zero-order valence-electron chi connectivity index (χ0n) is 12.6. The fourth-order valence-electron chi connectivity index (χ4n) is 6.11. The Morgan fingerprint density at radius 2 is 1.74 bits per heavy atom. The number of nitrogens with one attached hydrogen (secondary N) is 2. The maximum Gasteiger partial charge on any atom is 0.166 e. The van der Waals surface area contributed by atoms with E-state index in [-0.39, 0.29) is 0 Å². The third kappa shape index (κ3) is 2.51. The van der Waals surface area contributed by atoms with Gasteiger partial charge in [0.15, 0.2) is 5.11 Å². The highest BCUT2D eigenvalue weighted by molar-refractivity contribution is 7.80. The molecule has 19 heavy (non-hydrogen) atoms. The molecule has 108 valence electrons. The molecule has 3 heteroatoms. The quantitative estimate of drug-likeness (QED) is 0.772. The molecule has 0 saturated heterocycles. The molecule has 0 aromatic rings. The smallest absolute Gasteiger partial charge is 0.166 e. The maximum absolute atomic E-state index is 5.51. The monoisotopic (exact) mass is 280 g/mol. The van der Waals surface area contributed by atoms with Gasteiger partial charge in [-0.1, -0.05) is 20.8 Å². The summed E-state index contributed by atoms with van der Waals surface area (Å²) in [6.07, 6.45) is 9.43. The average molecular weight is 280 g/mol. The van der Waals surface area contributed by atoms with Gasteiger partial charge in [-0.15, -0.1) is 0 Å². The first-order chi connectivity index (χ1) is 8.86. The van der Waals surface area contributed by atoms with Crippen molar-refractivity contribution in [2.24, 2.45) is 16.7 Å². The largest absolute Gasteiger partial charge is 0.363 e. The van der Waals surface area contributed by atoms with Gasteiger partial charge in [-0.3, -0.25) is 0 Å². The maximum atomic E-state index is 5.51. The first-order valence-electron chi connectivity index (χ1n) is 7.92. The van der Waals surface area contributed by atoms with Crippen molar-refractivity contribution < 1.29 is 0 Å². The molecule has 4 aliphatic carbocycles. The van der Waals surface area contributed by atoms with Crippen molar-refractivity contribution in [2.45, 2.75) is 71.3 Å². The van der Waals surface area contributed by atoms with Crippen molar-refractivity contribution in [3.05, 3.63) is 0 Å². The Morgan fingerprint density at radius 3 is 2.26 bits per heavy atom. The molecule has 2 N–H and O–H groups in total. The van der Waals surface area contributed by atoms with Crippen LogP contribution in [0.1, 0.15) is 65.7 Å². The molecule has 0 heterocycles. The summed E-state index contributed by atoms with van der Waals surface area (Å²) in [5.41, 5.74) is 1.41. The Hall–Kier alpha value is -0.310. The highest BCUT2D eigenvalue weighted by Gasteiger charge is 2.60. The molecule has 2 nitrogen and oxygen atoms in total. The highest BCUT2D eigenvalue weighted by atomic mass is 32.1. The summed E-state index contributed by atoms with van der Waals surface area (Å²) in [4.78, 5) is 0. The van der Waals surface area contributed by atoms with Crippen molar-refractivity contribution in [1.82, 2.24) is 10.6 Å². The number of rotatable bonds is 3. The van der Waals surface area contributed by atoms with Crippen LogP contribution < -0.4 is 10.6 Å². The number of hydrogen-bond acceptors (Lipinski definition) is 1. The lowest BCUT2D eigenvalue weighted by Gasteiger charge is -2.65. The standard InChI is InChI=1S/C16H28N2S/c1-4-5-17-13(19)18-16-8-12-6-14(2,10-16)9-15(3,7-12)11-16/h12H,4-11H2,1-3H3,(H2,17,18,19). The number of thiocarbonyl (C=S) groups is 1. The zero-order chi connectivity index (χ0) is 13.7. The molecule has 0 radical (unpaired) electrons. The van der Waals surface area contributed by atoms with Gasteiger partial charge in [-0.05, 0) is 73.9 Å². The van der Waals surface area contributed by atoms with Gasteiger partial charge in [0.05, 0.1) is 0 Å². The van der Waals surface area contributed by atoms with Crippen LogP contribution in [0.3, 0.4) is 0 Å². The van der Waals surface area contributed by atoms with E-state index in [1.807, 2.05) is 0 Å². The fourth-order valence-corrected chi connectivity index (χ4v) is 6.43. The third-order valence-electron chi connectivity index (χ3n) is 5.54. The van der Waals surface area contributed by atoms with E-state index in [2.05, 4.69) is 31.4 Å². The Kier molecular flexibility index (Phi) is 3.12. The lowest BCUT2D eigenvalue weighted by Crippen LogP contribution is -2.66. The van der Waals surface area contributed by atoms with Crippen LogP contribution >= 0.6 is 12.2 Å². The van der Waals surface area contributed by atoms with E-state index < -0.39 is 0 Å². The second kappa shape index (κ2) is 4.34. The molecule has 0 spiro atoms. The lowest BCUT2D eigenvalue weighted by atomic mass is 9.43. The molecule has 2 unspecified atom stereocenters. The summed E-state index contributed by atoms with van der Waals surface area (Å²) in [5.74, 6) is 0.924. The lowest BCUT2D eigenvalue weighted by molar-refractivity contribution is -0.111. The van der Waals surface area contributed by atoms with Gasteiger partial charge in [-0.2, -0.15) is 0 Å². The normalized spacial score (nSPS) is 47.2. The van der Waals surface area contributed by atoms with E-state index in [9.17, 15) is 0 Å². The van der Waals surface area contributed by atoms with E-state index >= 15 is 0 Å². The van der Waals surface area contributed by atoms with Gasteiger partial charge >= 0.3 is 0 Å². The summed E-state index contributed by atoms with van der Waals surface area (Å²) < 4.78 is 0. The van der Waals surface area contributed by atoms with Gasteiger partial charge in [-0.25, -0.2) is 0 Å². The minimum absolute atomic E-state index is 0.292. The van der Waals surface area contributed by atoms with Crippen LogP contribution in [0.15, 0.2) is 0 Å². The first-order valence-corrected chi connectivity index (χ1v) is 8.33. The predicted octanol–water partition coefficient (Wildman–Crippen LogP) is 3.61. The Morgan fingerprint density at radius 1 is 1.11 bits per heavy atom. The Bertz CT molecular complexity index is 374. The topological polar surface area (TPSA) is 24.1 Å². The minimum atomic E-state index is 0.292. The van der Waals surface area contributed by atoms with Crippen LogP contribution in [0.4, 0.5) is 0 Å². The summed E-state index contributed by atoms with van der Waals surface area (Å²) >= 11 is 5.51. The average Bonchev–Trinajstić information content (AvgIpc) is 2.20. The summed E-state index contributed by atoms with van der Waals surface area (Å²) in [6, 6.07) is 0. The molecule has 4 bridgehead atoms. The van der Waals surface area contributed by atoms with Crippen molar-refractivity contribution in [2.75, 3.05) is 6.54 Å². The molecule has 0 aliphatic heterocycles. The second-order valence-electron chi connectivity index (χ2n) is 8.29. The fraction of sp³-hybridized carbons (Fsp3) is 0.938. The predicted molar refractivity (Wildman–Crippen MR) is 84.2 cm³/mol. The van der Waals surface area contributed by atoms with Crippen molar-refractivity contribution in [1.29, 1.82) is 0 Å². The molecule has 4 fully saturated rings. The molecule has 0 aromatic carbocycles. The van der Waals surface area contributed by atoms with Crippen molar-refractivity contribution in [3.8, 4) is 0 Å². The first kappa shape index (κ1) is 13.7. The highest BCUT2D eigenvalue weighted by Crippen LogP contribution is 2.66. The van der Waals surface area contributed by atoms with Crippen LogP contribution in [-0.4, -0.2) is 17.2 Å². The van der Waals surface area contributed by atoms with Crippen LogP contribution in [0.25, 0.3) is 0 Å². The second-order valence-corrected chi connectivity index (χ2v) is 8.70. The molecule has 4 aliphatic rings. The van der Waals surface area contributed by atoms with Gasteiger partial charge in [0, 0.05) is 12.1 Å². The zero-order valence-corrected chi connectivity index (χ0v) is 13.5. The van der Waals surface area contributed by atoms with Gasteiger partial charge in [0.25, 0.3) is 0 Å². The van der Waals surface area contributed by atoms with Crippen molar-refractivity contribution >= 4 is 17.3 Å². The van der Waals surface area contributed by atoms with Crippen molar-refractivity contribution in [3.63, 3.8) is 0 Å². The molecular weight excluding hydrogens is 252 g/mol. The summed E-state index contributed by atoms with van der Waals surface area (Å²) in [6.45, 7) is 8.19. The molecule has 0 amide bonds. The molecule has 4 saturated carbocycles. The van der Waals surface area contributed by atoms with Gasteiger partial charge in [0.1, 0.15) is 0 Å². The molecule has 0 aromatic heterocycles. The summed E-state index contributed by atoms with van der Waals surface area (Å²) in [5, 5.41) is 7.97. The molecular formula is C16H28N2S. The molecule has 2 atom stereocenters. The summed E-state index contributed by atoms with van der Waals surface area (Å²) in [7, 11) is 0. The van der Waals surface area contributed by atoms with Crippen LogP contribution in [0.2, 0.25) is 0 Å². The Labute approximate surface area is 123 Å². The van der Waals surface area contributed by atoms with E-state index in [1.54, 1.807) is 0 Å². The van der Waals surface area contributed by atoms with Crippen LogP contribution in [0.5, 0.6) is 0 Å². The van der Waals surface area contributed by atoms with Gasteiger partial charge < -0.3 is 10.6 Å². The van der Waals surface area contributed by atoms with Crippen LogP contribution in [-0.2, 0) is 0 Å². The van der Waals surface area contributed by atoms with Gasteiger partial charge in [0.2, 0.25) is 0 Å². The minimum Gasteiger partial charge on any atom is -0.363 e. The Balaban J connectivity index is 1.75. The van der Waals surface area contributed by atoms with E-state index in [1.165, 1.54) is 38.5 Å².